The van der Waals surface area contributed by atoms with Gasteiger partial charge in [0.2, 0.25) is 0 Å². The summed E-state index contributed by atoms with van der Waals surface area (Å²) in [5.41, 5.74) is 2.90. The molecule has 2 heterocycles. The number of methoxy groups -OCH3 is 1. The van der Waals surface area contributed by atoms with Crippen molar-refractivity contribution in [1.29, 1.82) is 0 Å². The predicted octanol–water partition coefficient (Wildman–Crippen LogP) is 4.47. The Labute approximate surface area is 153 Å². The lowest BCUT2D eigenvalue weighted by Gasteiger charge is -2.12. The molecule has 4 rings (SSSR count). The van der Waals surface area contributed by atoms with Crippen LogP contribution in [0.4, 0.5) is 0 Å². The van der Waals surface area contributed by atoms with Gasteiger partial charge in [-0.2, -0.15) is 5.10 Å². The molecule has 0 aliphatic rings. The normalized spacial score (nSPS) is 11.2. The van der Waals surface area contributed by atoms with E-state index in [1.807, 2.05) is 55.7 Å². The van der Waals surface area contributed by atoms with Crippen LogP contribution in [0.2, 0.25) is 0 Å². The monoisotopic (exact) mass is 397 g/mol. The van der Waals surface area contributed by atoms with Crippen molar-refractivity contribution in [2.75, 3.05) is 7.11 Å². The number of benzene rings is 2. The summed E-state index contributed by atoms with van der Waals surface area (Å²) in [4.78, 5) is 4.53. The Hall–Kier alpha value is -2.60. The van der Waals surface area contributed by atoms with Gasteiger partial charge in [-0.05, 0) is 27.6 Å². The molecule has 0 saturated carbocycles. The molecule has 0 radical (unpaired) electrons. The maximum Gasteiger partial charge on any atom is 0.162 e. The number of halogens is 1. The van der Waals surface area contributed by atoms with Gasteiger partial charge in [0.05, 0.1) is 24.3 Å². The number of ether oxygens (including phenoxy) is 2. The molecule has 2 aromatic heterocycles. The highest BCUT2D eigenvalue weighted by Crippen LogP contribution is 2.37. The van der Waals surface area contributed by atoms with Gasteiger partial charge in [0, 0.05) is 23.9 Å². The van der Waals surface area contributed by atoms with Crippen LogP contribution in [-0.2, 0) is 13.7 Å². The van der Waals surface area contributed by atoms with Crippen LogP contribution >= 0.6 is 15.9 Å². The third-order valence-electron chi connectivity index (χ3n) is 4.16. The average Bonchev–Trinajstić information content (AvgIpc) is 2.94. The molecule has 2 aromatic carbocycles. The van der Waals surface area contributed by atoms with Gasteiger partial charge in [0.1, 0.15) is 11.2 Å². The fourth-order valence-electron chi connectivity index (χ4n) is 2.89. The van der Waals surface area contributed by atoms with Crippen molar-refractivity contribution in [3.8, 4) is 11.5 Å². The lowest BCUT2D eigenvalue weighted by atomic mass is 10.1. The minimum Gasteiger partial charge on any atom is -0.493 e. The topological polar surface area (TPSA) is 49.2 Å². The minimum atomic E-state index is 0.473. The van der Waals surface area contributed by atoms with Gasteiger partial charge in [-0.1, -0.05) is 30.3 Å². The number of fused-ring (bicyclic) bond motifs is 3. The minimum absolute atomic E-state index is 0.473. The molecule has 6 heteroatoms. The highest BCUT2D eigenvalue weighted by atomic mass is 79.9. The van der Waals surface area contributed by atoms with Gasteiger partial charge in [-0.3, -0.25) is 9.67 Å². The van der Waals surface area contributed by atoms with E-state index in [4.69, 9.17) is 9.47 Å². The number of aryl methyl sites for hydroxylation is 1. The Kier molecular flexibility index (Phi) is 4.05. The van der Waals surface area contributed by atoms with Crippen molar-refractivity contribution in [3.63, 3.8) is 0 Å². The average molecular weight is 398 g/mol. The first-order valence-electron chi connectivity index (χ1n) is 7.83. The van der Waals surface area contributed by atoms with E-state index in [9.17, 15) is 0 Å². The lowest BCUT2D eigenvalue weighted by molar-refractivity contribution is 0.285. The molecular formula is C19H16BrN3O2. The second-order valence-electron chi connectivity index (χ2n) is 5.73. The zero-order valence-corrected chi connectivity index (χ0v) is 15.4. The third kappa shape index (κ3) is 2.82. The largest absolute Gasteiger partial charge is 0.493 e. The van der Waals surface area contributed by atoms with Gasteiger partial charge in [-0.15, -0.1) is 0 Å². The summed E-state index contributed by atoms with van der Waals surface area (Å²) in [6.45, 7) is 0.473. The van der Waals surface area contributed by atoms with E-state index in [2.05, 4.69) is 26.0 Å². The Bertz CT molecular complexity index is 1060. The van der Waals surface area contributed by atoms with Crippen LogP contribution in [0, 0.1) is 0 Å². The van der Waals surface area contributed by atoms with Crippen molar-refractivity contribution >= 4 is 37.7 Å². The van der Waals surface area contributed by atoms with Crippen LogP contribution in [0.1, 0.15) is 5.56 Å². The third-order valence-corrected chi connectivity index (χ3v) is 4.72. The summed E-state index contributed by atoms with van der Waals surface area (Å²) < 4.78 is 14.1. The summed E-state index contributed by atoms with van der Waals surface area (Å²) in [5, 5.41) is 6.41. The zero-order chi connectivity index (χ0) is 17.4. The van der Waals surface area contributed by atoms with Crippen molar-refractivity contribution in [3.05, 3.63) is 58.8 Å². The molecule has 0 atom stereocenters. The van der Waals surface area contributed by atoms with Crippen LogP contribution in [0.15, 0.2) is 53.3 Å². The van der Waals surface area contributed by atoms with Gasteiger partial charge in [0.15, 0.2) is 11.5 Å². The molecule has 0 N–H and O–H groups in total. The number of hydrogen-bond donors (Lipinski definition) is 0. The van der Waals surface area contributed by atoms with Crippen LogP contribution in [0.25, 0.3) is 21.8 Å². The van der Waals surface area contributed by atoms with E-state index in [-0.39, 0.29) is 0 Å². The van der Waals surface area contributed by atoms with Crippen molar-refractivity contribution in [2.45, 2.75) is 6.61 Å². The summed E-state index contributed by atoms with van der Waals surface area (Å²) in [6, 6.07) is 13.9. The highest BCUT2D eigenvalue weighted by molar-refractivity contribution is 9.10. The molecule has 0 unspecified atom stereocenters. The van der Waals surface area contributed by atoms with E-state index in [0.29, 0.717) is 18.1 Å². The van der Waals surface area contributed by atoms with Crippen LogP contribution in [0.3, 0.4) is 0 Å². The maximum atomic E-state index is 6.02. The first-order valence-corrected chi connectivity index (χ1v) is 8.62. The van der Waals surface area contributed by atoms with Crippen molar-refractivity contribution in [1.82, 2.24) is 14.8 Å². The van der Waals surface area contributed by atoms with E-state index < -0.39 is 0 Å². The molecule has 0 aliphatic carbocycles. The number of pyridine rings is 1. The van der Waals surface area contributed by atoms with E-state index in [0.717, 1.165) is 32.0 Å². The molecule has 4 aromatic rings. The Morgan fingerprint density at radius 3 is 2.68 bits per heavy atom. The molecule has 0 saturated heterocycles. The van der Waals surface area contributed by atoms with E-state index >= 15 is 0 Å². The molecule has 0 spiro atoms. The molecule has 0 fully saturated rings. The summed E-state index contributed by atoms with van der Waals surface area (Å²) in [7, 11) is 3.53. The Morgan fingerprint density at radius 2 is 1.92 bits per heavy atom. The number of aromatic nitrogens is 3. The van der Waals surface area contributed by atoms with E-state index in [1.54, 1.807) is 11.8 Å². The number of hydrogen-bond acceptors (Lipinski definition) is 4. The van der Waals surface area contributed by atoms with Gasteiger partial charge >= 0.3 is 0 Å². The highest BCUT2D eigenvalue weighted by Gasteiger charge is 2.15. The van der Waals surface area contributed by atoms with Crippen LogP contribution < -0.4 is 9.47 Å². The van der Waals surface area contributed by atoms with E-state index in [1.165, 1.54) is 0 Å². The van der Waals surface area contributed by atoms with Gasteiger partial charge in [-0.25, -0.2) is 0 Å². The van der Waals surface area contributed by atoms with Gasteiger partial charge in [0.25, 0.3) is 0 Å². The number of nitrogens with zero attached hydrogens (tertiary/aromatic N) is 3. The Morgan fingerprint density at radius 1 is 1.12 bits per heavy atom. The fourth-order valence-corrected chi connectivity index (χ4v) is 3.55. The predicted molar refractivity (Wildman–Crippen MR) is 101 cm³/mol. The lowest BCUT2D eigenvalue weighted by Crippen LogP contribution is -1.98. The molecular weight excluding hydrogens is 382 g/mol. The molecule has 0 amide bonds. The number of rotatable bonds is 4. The van der Waals surface area contributed by atoms with Crippen molar-refractivity contribution in [2.24, 2.45) is 7.05 Å². The zero-order valence-electron chi connectivity index (χ0n) is 13.9. The second kappa shape index (κ2) is 6.37. The molecule has 0 bridgehead atoms. The molecule has 126 valence electrons. The second-order valence-corrected chi connectivity index (χ2v) is 6.48. The first-order chi connectivity index (χ1) is 12.2. The maximum absolute atomic E-state index is 6.02. The summed E-state index contributed by atoms with van der Waals surface area (Å²) in [5.74, 6) is 1.35. The van der Waals surface area contributed by atoms with Crippen LogP contribution in [-0.4, -0.2) is 21.9 Å². The molecule has 25 heavy (non-hydrogen) atoms. The van der Waals surface area contributed by atoms with Gasteiger partial charge < -0.3 is 9.47 Å². The smallest absolute Gasteiger partial charge is 0.162 e. The fraction of sp³-hybridized carbons (Fsp3) is 0.158. The van der Waals surface area contributed by atoms with Crippen molar-refractivity contribution < 1.29 is 9.47 Å². The first kappa shape index (κ1) is 15.9. The molecule has 0 aliphatic heterocycles. The standard InChI is InChI=1S/C19H16BrN3O2/c1-23-15-10-21-14-9-16(24-2)17(8-13(14)18(15)19(20)22-23)25-11-12-6-4-3-5-7-12/h3-10H,11H2,1-2H3. The Balaban J connectivity index is 1.83. The molecule has 5 nitrogen and oxygen atoms in total. The summed E-state index contributed by atoms with van der Waals surface area (Å²) >= 11 is 3.54. The SMILES string of the molecule is COc1cc2ncc3c(c(Br)nn3C)c2cc1OCc1ccccc1. The van der Waals surface area contributed by atoms with Crippen LogP contribution in [0.5, 0.6) is 11.5 Å². The quantitative estimate of drug-likeness (QED) is 0.509. The summed E-state index contributed by atoms with van der Waals surface area (Å²) in [6.07, 6.45) is 1.82.